The molecule has 2 aromatic heterocycles. The fourth-order valence-corrected chi connectivity index (χ4v) is 4.20. The number of carbonyl (C=O) groups excluding carboxylic acids is 1. The number of thiazole rings is 1. The van der Waals surface area contributed by atoms with Gasteiger partial charge in [-0.2, -0.15) is 0 Å². The van der Waals surface area contributed by atoms with E-state index in [-0.39, 0.29) is 11.5 Å². The SMILES string of the molecule is CC(C)c1nc(CNC(=O)CCCCCn2c(=S)[nH]c3ccccc3c2=O)cs1. The Morgan fingerprint density at radius 1 is 1.28 bits per heavy atom. The van der Waals surface area contributed by atoms with Crippen molar-refractivity contribution in [1.29, 1.82) is 0 Å². The van der Waals surface area contributed by atoms with Crippen molar-refractivity contribution in [2.24, 2.45) is 0 Å². The summed E-state index contributed by atoms with van der Waals surface area (Å²) in [5, 5.41) is 6.66. The zero-order valence-electron chi connectivity index (χ0n) is 16.7. The Bertz CT molecular complexity index is 1100. The Morgan fingerprint density at radius 3 is 2.83 bits per heavy atom. The lowest BCUT2D eigenvalue weighted by Crippen LogP contribution is -2.23. The van der Waals surface area contributed by atoms with E-state index >= 15 is 0 Å². The van der Waals surface area contributed by atoms with Crippen LogP contribution >= 0.6 is 23.6 Å². The van der Waals surface area contributed by atoms with Gasteiger partial charge in [-0.15, -0.1) is 11.3 Å². The molecule has 0 saturated carbocycles. The summed E-state index contributed by atoms with van der Waals surface area (Å²) in [7, 11) is 0. The largest absolute Gasteiger partial charge is 0.350 e. The van der Waals surface area contributed by atoms with E-state index in [2.05, 4.69) is 29.1 Å². The van der Waals surface area contributed by atoms with E-state index < -0.39 is 0 Å². The van der Waals surface area contributed by atoms with E-state index in [1.807, 2.05) is 23.6 Å². The highest BCUT2D eigenvalue weighted by atomic mass is 32.1. The second-order valence-electron chi connectivity index (χ2n) is 7.35. The van der Waals surface area contributed by atoms with Crippen molar-refractivity contribution in [1.82, 2.24) is 19.9 Å². The number of nitrogens with one attached hydrogen (secondary N) is 2. The number of para-hydroxylation sites is 1. The van der Waals surface area contributed by atoms with Crippen molar-refractivity contribution in [3.05, 3.63) is 55.5 Å². The molecule has 29 heavy (non-hydrogen) atoms. The minimum Gasteiger partial charge on any atom is -0.350 e. The maximum absolute atomic E-state index is 12.6. The zero-order chi connectivity index (χ0) is 20.8. The number of amides is 1. The summed E-state index contributed by atoms with van der Waals surface area (Å²) in [6, 6.07) is 7.37. The van der Waals surface area contributed by atoms with Crippen molar-refractivity contribution >= 4 is 40.4 Å². The fraction of sp³-hybridized carbons (Fsp3) is 0.429. The van der Waals surface area contributed by atoms with E-state index in [0.29, 0.717) is 35.6 Å². The van der Waals surface area contributed by atoms with Gasteiger partial charge in [-0.3, -0.25) is 14.2 Å². The van der Waals surface area contributed by atoms with Crippen molar-refractivity contribution in [2.75, 3.05) is 0 Å². The molecule has 3 rings (SSSR count). The summed E-state index contributed by atoms with van der Waals surface area (Å²) in [4.78, 5) is 32.3. The van der Waals surface area contributed by atoms with Gasteiger partial charge in [-0.05, 0) is 37.2 Å². The quantitative estimate of drug-likeness (QED) is 0.386. The van der Waals surface area contributed by atoms with Gasteiger partial charge in [-0.1, -0.05) is 32.4 Å². The number of hydrogen-bond donors (Lipinski definition) is 2. The van der Waals surface area contributed by atoms with Crippen LogP contribution in [-0.4, -0.2) is 20.4 Å². The molecule has 2 N–H and O–H groups in total. The maximum atomic E-state index is 12.6. The molecular formula is C21H26N4O2S2. The molecule has 0 aliphatic rings. The van der Waals surface area contributed by atoms with E-state index in [0.717, 1.165) is 35.5 Å². The molecule has 0 fully saturated rings. The van der Waals surface area contributed by atoms with Gasteiger partial charge in [0.2, 0.25) is 5.91 Å². The molecule has 0 aliphatic heterocycles. The summed E-state index contributed by atoms with van der Waals surface area (Å²) >= 11 is 6.96. The molecule has 0 radical (unpaired) electrons. The number of carbonyl (C=O) groups is 1. The monoisotopic (exact) mass is 430 g/mol. The van der Waals surface area contributed by atoms with Gasteiger partial charge in [0.1, 0.15) is 0 Å². The first-order valence-corrected chi connectivity index (χ1v) is 11.2. The molecule has 6 nitrogen and oxygen atoms in total. The van der Waals surface area contributed by atoms with Gasteiger partial charge < -0.3 is 10.3 Å². The summed E-state index contributed by atoms with van der Waals surface area (Å²) in [6.07, 6.45) is 2.90. The minimum absolute atomic E-state index is 0.0317. The van der Waals surface area contributed by atoms with Gasteiger partial charge in [0.15, 0.2) is 4.77 Å². The Morgan fingerprint density at radius 2 is 2.07 bits per heavy atom. The summed E-state index contributed by atoms with van der Waals surface area (Å²) in [6.45, 7) is 5.25. The van der Waals surface area contributed by atoms with Crippen molar-refractivity contribution < 1.29 is 4.79 Å². The van der Waals surface area contributed by atoms with E-state index in [1.54, 1.807) is 22.0 Å². The number of benzene rings is 1. The Labute approximate surface area is 179 Å². The molecule has 154 valence electrons. The van der Waals surface area contributed by atoms with Gasteiger partial charge >= 0.3 is 0 Å². The molecule has 1 amide bonds. The van der Waals surface area contributed by atoms with Crippen LogP contribution in [0.5, 0.6) is 0 Å². The second-order valence-corrected chi connectivity index (χ2v) is 8.63. The standard InChI is InChI=1S/C21H26N4O2S2/c1-14(2)19-23-15(13-29-19)12-22-18(26)10-4-3-7-11-25-20(27)16-8-5-6-9-17(16)24-21(25)28/h5-6,8-9,13-14H,3-4,7,10-12H2,1-2H3,(H,22,26)(H,24,28). The first-order chi connectivity index (χ1) is 14.0. The van der Waals surface area contributed by atoms with Crippen molar-refractivity contribution in [2.45, 2.75) is 58.5 Å². The normalized spacial score (nSPS) is 11.3. The van der Waals surface area contributed by atoms with Crippen LogP contribution in [0.25, 0.3) is 10.9 Å². The van der Waals surface area contributed by atoms with Crippen LogP contribution in [0.2, 0.25) is 0 Å². The second kappa shape index (κ2) is 9.93. The number of aromatic nitrogens is 3. The molecule has 0 atom stereocenters. The number of aromatic amines is 1. The highest BCUT2D eigenvalue weighted by molar-refractivity contribution is 7.71. The van der Waals surface area contributed by atoms with Crippen LogP contribution in [0, 0.1) is 4.77 Å². The lowest BCUT2D eigenvalue weighted by Gasteiger charge is -2.08. The molecule has 3 aromatic rings. The Balaban J connectivity index is 1.42. The summed E-state index contributed by atoms with van der Waals surface area (Å²) < 4.78 is 2.04. The predicted molar refractivity (Wildman–Crippen MR) is 120 cm³/mol. The Kier molecular flexibility index (Phi) is 7.33. The zero-order valence-corrected chi connectivity index (χ0v) is 18.4. The number of fused-ring (bicyclic) bond motifs is 1. The molecule has 2 heterocycles. The molecule has 8 heteroatoms. The molecular weight excluding hydrogens is 404 g/mol. The topological polar surface area (TPSA) is 79.8 Å². The van der Waals surface area contributed by atoms with Crippen LogP contribution in [0.15, 0.2) is 34.4 Å². The average Bonchev–Trinajstić information content (AvgIpc) is 3.18. The van der Waals surface area contributed by atoms with Crippen molar-refractivity contribution in [3.63, 3.8) is 0 Å². The summed E-state index contributed by atoms with van der Waals surface area (Å²) in [5.74, 6) is 0.442. The number of hydrogen-bond acceptors (Lipinski definition) is 5. The number of H-pyrrole nitrogens is 1. The third kappa shape index (κ3) is 5.61. The highest BCUT2D eigenvalue weighted by Crippen LogP contribution is 2.19. The number of nitrogens with zero attached hydrogens (tertiary/aromatic N) is 2. The van der Waals surface area contributed by atoms with Crippen LogP contribution in [-0.2, 0) is 17.9 Å². The predicted octanol–water partition coefficient (Wildman–Crippen LogP) is 4.52. The highest BCUT2D eigenvalue weighted by Gasteiger charge is 2.08. The van der Waals surface area contributed by atoms with Gasteiger partial charge in [0.05, 0.1) is 28.1 Å². The van der Waals surface area contributed by atoms with Crippen LogP contribution < -0.4 is 10.9 Å². The third-order valence-electron chi connectivity index (χ3n) is 4.71. The van der Waals surface area contributed by atoms with Crippen LogP contribution in [0.1, 0.15) is 56.2 Å². The Hall–Kier alpha value is -2.32. The van der Waals surface area contributed by atoms with Gasteiger partial charge in [0, 0.05) is 24.3 Å². The molecule has 0 saturated heterocycles. The van der Waals surface area contributed by atoms with Gasteiger partial charge in [-0.25, -0.2) is 4.98 Å². The number of unbranched alkanes of at least 4 members (excludes halogenated alkanes) is 2. The molecule has 1 aromatic carbocycles. The molecule has 0 spiro atoms. The van der Waals surface area contributed by atoms with Crippen LogP contribution in [0.4, 0.5) is 0 Å². The lowest BCUT2D eigenvalue weighted by molar-refractivity contribution is -0.121. The molecule has 0 aliphatic carbocycles. The summed E-state index contributed by atoms with van der Waals surface area (Å²) in [5.41, 5.74) is 1.61. The minimum atomic E-state index is -0.0638. The third-order valence-corrected chi connectivity index (χ3v) is 6.22. The molecule has 0 unspecified atom stereocenters. The number of rotatable bonds is 9. The smallest absolute Gasteiger partial charge is 0.262 e. The average molecular weight is 431 g/mol. The fourth-order valence-electron chi connectivity index (χ4n) is 3.08. The molecule has 0 bridgehead atoms. The van der Waals surface area contributed by atoms with Crippen LogP contribution in [0.3, 0.4) is 0 Å². The van der Waals surface area contributed by atoms with Gasteiger partial charge in [0.25, 0.3) is 5.56 Å². The maximum Gasteiger partial charge on any atom is 0.262 e. The first kappa shape index (κ1) is 21.4. The van der Waals surface area contributed by atoms with Crippen molar-refractivity contribution in [3.8, 4) is 0 Å². The van der Waals surface area contributed by atoms with E-state index in [1.165, 1.54) is 0 Å². The first-order valence-electron chi connectivity index (χ1n) is 9.88. The lowest BCUT2D eigenvalue weighted by atomic mass is 10.2. The van der Waals surface area contributed by atoms with E-state index in [4.69, 9.17) is 12.2 Å². The van der Waals surface area contributed by atoms with E-state index in [9.17, 15) is 9.59 Å².